The van der Waals surface area contributed by atoms with Crippen LogP contribution < -0.4 is 0 Å². The van der Waals surface area contributed by atoms with Gasteiger partial charge >= 0.3 is 0 Å². The second-order valence-electron chi connectivity index (χ2n) is 3.78. The van der Waals surface area contributed by atoms with E-state index in [1.54, 1.807) is 11.3 Å². The Morgan fingerprint density at radius 2 is 2.00 bits per heavy atom. The lowest BCUT2D eigenvalue weighted by Gasteiger charge is -2.20. The van der Waals surface area contributed by atoms with Crippen molar-refractivity contribution in [1.82, 2.24) is 4.90 Å². The fraction of sp³-hybridized carbons (Fsp3) is 0.385. The number of hydrogen-bond donors (Lipinski definition) is 1. The van der Waals surface area contributed by atoms with Crippen molar-refractivity contribution in [2.75, 3.05) is 19.6 Å². The molecular formula is C13H18BrNOS. The van der Waals surface area contributed by atoms with E-state index >= 15 is 0 Å². The van der Waals surface area contributed by atoms with Crippen LogP contribution in [0.25, 0.3) is 0 Å². The van der Waals surface area contributed by atoms with Gasteiger partial charge < -0.3 is 5.11 Å². The Labute approximate surface area is 115 Å². The molecule has 0 spiro atoms. The minimum Gasteiger partial charge on any atom is -0.388 e. The third-order valence-electron chi connectivity index (χ3n) is 2.42. The molecule has 17 heavy (non-hydrogen) atoms. The molecule has 2 nitrogen and oxygen atoms in total. The van der Waals surface area contributed by atoms with Crippen molar-refractivity contribution < 1.29 is 5.11 Å². The predicted molar refractivity (Wildman–Crippen MR) is 78.4 cm³/mol. The van der Waals surface area contributed by atoms with E-state index in [0.29, 0.717) is 0 Å². The number of thiophene rings is 1. The van der Waals surface area contributed by atoms with Crippen LogP contribution >= 0.6 is 27.3 Å². The lowest BCUT2D eigenvalue weighted by Crippen LogP contribution is -2.26. The molecule has 0 saturated carbocycles. The normalized spacial score (nSPS) is 12.6. The highest BCUT2D eigenvalue weighted by atomic mass is 79.9. The van der Waals surface area contributed by atoms with Crippen LogP contribution in [0.15, 0.2) is 41.2 Å². The van der Waals surface area contributed by atoms with Gasteiger partial charge in [-0.25, -0.2) is 0 Å². The van der Waals surface area contributed by atoms with Crippen molar-refractivity contribution in [3.05, 3.63) is 46.1 Å². The standard InChI is InChI=1S/C13H18BrNOS/c1-3-8-15(9-4-2)10-7-11(16)12-5-6-13(14)17-12/h3-6,11,16H,1-2,7-10H2. The topological polar surface area (TPSA) is 23.5 Å². The van der Waals surface area contributed by atoms with Crippen molar-refractivity contribution in [3.8, 4) is 0 Å². The highest BCUT2D eigenvalue weighted by Crippen LogP contribution is 2.28. The van der Waals surface area contributed by atoms with Crippen molar-refractivity contribution in [3.63, 3.8) is 0 Å². The molecule has 0 aromatic carbocycles. The molecule has 1 aromatic rings. The molecule has 1 atom stereocenters. The van der Waals surface area contributed by atoms with Gasteiger partial charge in [0, 0.05) is 24.5 Å². The summed E-state index contributed by atoms with van der Waals surface area (Å²) >= 11 is 4.98. The Balaban J connectivity index is 2.42. The number of aliphatic hydroxyl groups excluding tert-OH is 1. The number of aliphatic hydroxyl groups is 1. The Morgan fingerprint density at radius 3 is 2.47 bits per heavy atom. The average Bonchev–Trinajstić information content (AvgIpc) is 2.73. The van der Waals surface area contributed by atoms with Crippen molar-refractivity contribution in [1.29, 1.82) is 0 Å². The molecule has 0 aliphatic rings. The second kappa shape index (κ2) is 7.82. The molecule has 4 heteroatoms. The number of halogens is 1. The summed E-state index contributed by atoms with van der Waals surface area (Å²) in [4.78, 5) is 3.21. The van der Waals surface area contributed by atoms with E-state index in [1.807, 2.05) is 24.3 Å². The first-order chi connectivity index (χ1) is 8.17. The highest BCUT2D eigenvalue weighted by Gasteiger charge is 2.11. The predicted octanol–water partition coefficient (Wildman–Crippen LogP) is 3.61. The zero-order chi connectivity index (χ0) is 12.7. The molecule has 94 valence electrons. The number of hydrogen-bond acceptors (Lipinski definition) is 3. The van der Waals surface area contributed by atoms with Gasteiger partial charge in [-0.2, -0.15) is 0 Å². The maximum absolute atomic E-state index is 10.0. The van der Waals surface area contributed by atoms with Crippen LogP contribution in [0.3, 0.4) is 0 Å². The van der Waals surface area contributed by atoms with Crippen LogP contribution in [0.4, 0.5) is 0 Å². The summed E-state index contributed by atoms with van der Waals surface area (Å²) in [6.07, 6.45) is 4.09. The van der Waals surface area contributed by atoms with E-state index in [-0.39, 0.29) is 6.10 Å². The largest absolute Gasteiger partial charge is 0.388 e. The molecule has 1 aromatic heterocycles. The first-order valence-electron chi connectivity index (χ1n) is 5.54. The van der Waals surface area contributed by atoms with Crippen LogP contribution in [0.5, 0.6) is 0 Å². The quantitative estimate of drug-likeness (QED) is 0.741. The van der Waals surface area contributed by atoms with Gasteiger partial charge in [-0.3, -0.25) is 4.90 Å². The molecule has 0 aliphatic heterocycles. The van der Waals surface area contributed by atoms with E-state index in [0.717, 1.165) is 34.7 Å². The van der Waals surface area contributed by atoms with Crippen LogP contribution in [-0.4, -0.2) is 29.6 Å². The zero-order valence-corrected chi connectivity index (χ0v) is 12.2. The summed E-state index contributed by atoms with van der Waals surface area (Å²) in [5, 5.41) is 10.0. The fourth-order valence-corrected chi connectivity index (χ4v) is 3.02. The Bertz CT molecular complexity index is 354. The molecule has 1 unspecified atom stereocenters. The monoisotopic (exact) mass is 315 g/mol. The molecule has 0 aliphatic carbocycles. The van der Waals surface area contributed by atoms with Crippen LogP contribution in [0.2, 0.25) is 0 Å². The first-order valence-corrected chi connectivity index (χ1v) is 7.15. The number of rotatable bonds is 8. The molecule has 0 bridgehead atoms. The van der Waals surface area contributed by atoms with Crippen molar-refractivity contribution in [2.45, 2.75) is 12.5 Å². The lowest BCUT2D eigenvalue weighted by atomic mass is 10.2. The third kappa shape index (κ3) is 5.17. The smallest absolute Gasteiger partial charge is 0.0894 e. The van der Waals surface area contributed by atoms with Gasteiger partial charge in [-0.1, -0.05) is 12.2 Å². The SMILES string of the molecule is C=CCN(CC=C)CCC(O)c1ccc(Br)s1. The molecule has 1 N–H and O–H groups in total. The first kappa shape index (κ1) is 14.6. The summed E-state index contributed by atoms with van der Waals surface area (Å²) in [6.45, 7) is 9.95. The summed E-state index contributed by atoms with van der Waals surface area (Å²) in [5.41, 5.74) is 0. The van der Waals surface area contributed by atoms with E-state index in [4.69, 9.17) is 0 Å². The summed E-state index contributed by atoms with van der Waals surface area (Å²) in [7, 11) is 0. The number of nitrogens with zero attached hydrogens (tertiary/aromatic N) is 1. The van der Waals surface area contributed by atoms with Crippen LogP contribution in [-0.2, 0) is 0 Å². The second-order valence-corrected chi connectivity index (χ2v) is 6.28. The minimum atomic E-state index is -0.386. The van der Waals surface area contributed by atoms with Gasteiger partial charge in [0.15, 0.2) is 0 Å². The van der Waals surface area contributed by atoms with Gasteiger partial charge in [-0.05, 0) is 34.5 Å². The molecule has 0 saturated heterocycles. The fourth-order valence-electron chi connectivity index (χ4n) is 1.58. The van der Waals surface area contributed by atoms with E-state index in [9.17, 15) is 5.11 Å². The van der Waals surface area contributed by atoms with Gasteiger partial charge in [0.2, 0.25) is 0 Å². The molecule has 0 amide bonds. The van der Waals surface area contributed by atoms with Gasteiger partial charge in [0.25, 0.3) is 0 Å². The van der Waals surface area contributed by atoms with Gasteiger partial charge in [0.1, 0.15) is 0 Å². The Morgan fingerprint density at radius 1 is 1.35 bits per heavy atom. The maximum atomic E-state index is 10.0. The summed E-state index contributed by atoms with van der Waals surface area (Å²) < 4.78 is 1.06. The highest BCUT2D eigenvalue weighted by molar-refractivity contribution is 9.11. The summed E-state index contributed by atoms with van der Waals surface area (Å²) in [5.74, 6) is 0. The molecular weight excluding hydrogens is 298 g/mol. The van der Waals surface area contributed by atoms with E-state index in [2.05, 4.69) is 34.0 Å². The van der Waals surface area contributed by atoms with Crippen LogP contribution in [0.1, 0.15) is 17.4 Å². The molecule has 1 rings (SSSR count). The van der Waals surface area contributed by atoms with E-state index in [1.165, 1.54) is 0 Å². The Hall–Kier alpha value is -0.420. The lowest BCUT2D eigenvalue weighted by molar-refractivity contribution is 0.152. The molecule has 1 heterocycles. The molecule has 0 radical (unpaired) electrons. The average molecular weight is 316 g/mol. The molecule has 0 fully saturated rings. The van der Waals surface area contributed by atoms with E-state index < -0.39 is 0 Å². The van der Waals surface area contributed by atoms with Gasteiger partial charge in [0.05, 0.1) is 9.89 Å². The Kier molecular flexibility index (Phi) is 6.73. The maximum Gasteiger partial charge on any atom is 0.0894 e. The minimum absolute atomic E-state index is 0.386. The zero-order valence-electron chi connectivity index (χ0n) is 9.81. The summed E-state index contributed by atoms with van der Waals surface area (Å²) in [6, 6.07) is 3.93. The van der Waals surface area contributed by atoms with Crippen LogP contribution in [0, 0.1) is 0 Å². The van der Waals surface area contributed by atoms with Crippen molar-refractivity contribution >= 4 is 27.3 Å². The van der Waals surface area contributed by atoms with Gasteiger partial charge in [-0.15, -0.1) is 24.5 Å². The third-order valence-corrected chi connectivity index (χ3v) is 4.14. The van der Waals surface area contributed by atoms with Crippen molar-refractivity contribution in [2.24, 2.45) is 0 Å².